The Kier molecular flexibility index (Phi) is 1.64. The smallest absolute Gasteiger partial charge is 0.0162 e. The molecule has 0 aliphatic heterocycles. The maximum atomic E-state index is 2.26. The molecule has 64 valence electrons. The van der Waals surface area contributed by atoms with Crippen LogP contribution in [0.1, 0.15) is 21.6 Å². The molecule has 1 aliphatic rings. The Bertz CT molecular complexity index is 418. The summed E-state index contributed by atoms with van der Waals surface area (Å²) < 4.78 is 0. The quantitative estimate of drug-likeness (QED) is 0.521. The van der Waals surface area contributed by atoms with Crippen molar-refractivity contribution in [2.24, 2.45) is 0 Å². The molecule has 0 fully saturated rings. The predicted octanol–water partition coefficient (Wildman–Crippen LogP) is 3.88. The molecule has 0 unspecified atom stereocenters. The maximum absolute atomic E-state index is 2.26. The van der Waals surface area contributed by atoms with Crippen LogP contribution in [0.15, 0.2) is 22.2 Å². The molecule has 0 N–H and O–H groups in total. The molecule has 2 heteroatoms. The highest BCUT2D eigenvalue weighted by molar-refractivity contribution is 7.10. The molecule has 0 aromatic carbocycles. The highest BCUT2D eigenvalue weighted by Gasteiger charge is 2.10. The summed E-state index contributed by atoms with van der Waals surface area (Å²) in [6.07, 6.45) is 5.56. The highest BCUT2D eigenvalue weighted by Crippen LogP contribution is 2.29. The second kappa shape index (κ2) is 2.82. The van der Waals surface area contributed by atoms with Crippen molar-refractivity contribution < 1.29 is 0 Å². The van der Waals surface area contributed by atoms with E-state index in [4.69, 9.17) is 0 Å². The van der Waals surface area contributed by atoms with Crippen molar-refractivity contribution in [3.63, 3.8) is 0 Å². The molecular formula is C11H8S2. The van der Waals surface area contributed by atoms with Crippen LogP contribution in [0.25, 0.3) is 12.2 Å². The maximum Gasteiger partial charge on any atom is 0.0162 e. The monoisotopic (exact) mass is 204 g/mol. The van der Waals surface area contributed by atoms with Gasteiger partial charge in [-0.25, -0.2) is 0 Å². The van der Waals surface area contributed by atoms with Crippen molar-refractivity contribution >= 4 is 34.8 Å². The molecule has 3 rings (SSSR count). The number of thiophene rings is 2. The van der Waals surface area contributed by atoms with Gasteiger partial charge in [-0.3, -0.25) is 0 Å². The van der Waals surface area contributed by atoms with Gasteiger partial charge in [0.05, 0.1) is 0 Å². The van der Waals surface area contributed by atoms with Crippen molar-refractivity contribution in [3.05, 3.63) is 43.8 Å². The van der Waals surface area contributed by atoms with Gasteiger partial charge in [0, 0.05) is 11.3 Å². The third kappa shape index (κ3) is 1.18. The van der Waals surface area contributed by atoms with Gasteiger partial charge in [-0.15, -0.1) is 11.3 Å². The van der Waals surface area contributed by atoms with E-state index >= 15 is 0 Å². The Morgan fingerprint density at radius 3 is 3.00 bits per heavy atom. The lowest BCUT2D eigenvalue weighted by Crippen LogP contribution is -1.83. The first-order chi connectivity index (χ1) is 6.43. The summed E-state index contributed by atoms with van der Waals surface area (Å²) in [6.45, 7) is 0. The lowest BCUT2D eigenvalue weighted by molar-refractivity contribution is 1.26. The van der Waals surface area contributed by atoms with Gasteiger partial charge < -0.3 is 0 Å². The fourth-order valence-corrected chi connectivity index (χ4v) is 3.34. The van der Waals surface area contributed by atoms with E-state index in [9.17, 15) is 0 Å². The molecule has 2 heterocycles. The van der Waals surface area contributed by atoms with Crippen LogP contribution in [0.2, 0.25) is 0 Å². The van der Waals surface area contributed by atoms with Crippen molar-refractivity contribution in [3.8, 4) is 0 Å². The van der Waals surface area contributed by atoms with E-state index in [1.54, 1.807) is 11.3 Å². The van der Waals surface area contributed by atoms with Gasteiger partial charge in [-0.2, -0.15) is 11.3 Å². The van der Waals surface area contributed by atoms with Crippen molar-refractivity contribution in [2.75, 3.05) is 0 Å². The van der Waals surface area contributed by atoms with Gasteiger partial charge in [0.2, 0.25) is 0 Å². The summed E-state index contributed by atoms with van der Waals surface area (Å²) in [7, 11) is 0. The Hall–Kier alpha value is -0.860. The summed E-state index contributed by atoms with van der Waals surface area (Å²) in [5.74, 6) is 0. The Labute approximate surface area is 85.2 Å². The van der Waals surface area contributed by atoms with E-state index in [0.717, 1.165) is 6.42 Å². The molecule has 0 radical (unpaired) electrons. The van der Waals surface area contributed by atoms with Gasteiger partial charge in [-0.1, -0.05) is 12.2 Å². The second-order valence-electron chi connectivity index (χ2n) is 3.16. The van der Waals surface area contributed by atoms with Crippen LogP contribution < -0.4 is 0 Å². The summed E-state index contributed by atoms with van der Waals surface area (Å²) >= 11 is 3.65. The minimum atomic E-state index is 1.11. The lowest BCUT2D eigenvalue weighted by Gasteiger charge is -1.95. The zero-order valence-corrected chi connectivity index (χ0v) is 8.62. The van der Waals surface area contributed by atoms with E-state index in [0.29, 0.717) is 0 Å². The predicted molar refractivity (Wildman–Crippen MR) is 60.4 cm³/mol. The molecule has 0 nitrogen and oxygen atoms in total. The van der Waals surface area contributed by atoms with E-state index in [-0.39, 0.29) is 0 Å². The molecular weight excluding hydrogens is 196 g/mol. The van der Waals surface area contributed by atoms with Crippen LogP contribution in [0, 0.1) is 0 Å². The SMILES string of the molecule is C1=Cc2ccsc2Cc2cscc21. The standard InChI is InChI=1S/C11H8S2/c1-2-9-6-12-7-10(9)5-11-8(1)3-4-13-11/h1-4,6-7H,5H2. The van der Waals surface area contributed by atoms with Gasteiger partial charge in [0.25, 0.3) is 0 Å². The summed E-state index contributed by atoms with van der Waals surface area (Å²) in [5.41, 5.74) is 4.27. The van der Waals surface area contributed by atoms with E-state index in [2.05, 4.69) is 34.4 Å². The minimum Gasteiger partial charge on any atom is -0.151 e. The molecule has 0 spiro atoms. The lowest BCUT2D eigenvalue weighted by atomic mass is 10.1. The number of hydrogen-bond acceptors (Lipinski definition) is 2. The number of fused-ring (bicyclic) bond motifs is 2. The van der Waals surface area contributed by atoms with E-state index in [1.807, 2.05) is 11.3 Å². The molecule has 0 bridgehead atoms. The van der Waals surface area contributed by atoms with E-state index < -0.39 is 0 Å². The number of hydrogen-bond donors (Lipinski definition) is 0. The zero-order valence-electron chi connectivity index (χ0n) is 6.99. The van der Waals surface area contributed by atoms with Crippen LogP contribution in [0.5, 0.6) is 0 Å². The third-order valence-electron chi connectivity index (χ3n) is 2.35. The highest BCUT2D eigenvalue weighted by atomic mass is 32.1. The molecule has 0 atom stereocenters. The second-order valence-corrected chi connectivity index (χ2v) is 4.91. The molecule has 13 heavy (non-hydrogen) atoms. The molecule has 2 aromatic rings. The Morgan fingerprint density at radius 2 is 2.00 bits per heavy atom. The molecule has 0 saturated heterocycles. The number of rotatable bonds is 0. The zero-order chi connectivity index (χ0) is 8.67. The van der Waals surface area contributed by atoms with Gasteiger partial charge >= 0.3 is 0 Å². The normalized spacial score (nSPS) is 13.5. The molecule has 0 saturated carbocycles. The van der Waals surface area contributed by atoms with Crippen molar-refractivity contribution in [1.29, 1.82) is 0 Å². The van der Waals surface area contributed by atoms with Crippen LogP contribution in [-0.2, 0) is 6.42 Å². The van der Waals surface area contributed by atoms with Gasteiger partial charge in [0.1, 0.15) is 0 Å². The van der Waals surface area contributed by atoms with E-state index in [1.165, 1.54) is 21.6 Å². The first-order valence-electron chi connectivity index (χ1n) is 4.23. The molecule has 0 amide bonds. The first-order valence-corrected chi connectivity index (χ1v) is 6.05. The topological polar surface area (TPSA) is 0 Å². The molecule has 2 aromatic heterocycles. The summed E-state index contributed by atoms with van der Waals surface area (Å²) in [6, 6.07) is 2.20. The third-order valence-corrected chi connectivity index (χ3v) is 4.10. The van der Waals surface area contributed by atoms with Crippen LogP contribution in [-0.4, -0.2) is 0 Å². The van der Waals surface area contributed by atoms with Crippen LogP contribution in [0.4, 0.5) is 0 Å². The largest absolute Gasteiger partial charge is 0.151 e. The van der Waals surface area contributed by atoms with Crippen molar-refractivity contribution in [1.82, 2.24) is 0 Å². The van der Waals surface area contributed by atoms with Gasteiger partial charge in [0.15, 0.2) is 0 Å². The summed E-state index contributed by atoms with van der Waals surface area (Å²) in [4.78, 5) is 1.49. The fourth-order valence-electron chi connectivity index (χ4n) is 1.62. The minimum absolute atomic E-state index is 1.11. The van der Waals surface area contributed by atoms with Gasteiger partial charge in [-0.05, 0) is 38.9 Å². The first kappa shape index (κ1) is 7.54. The fraction of sp³-hybridized carbons (Fsp3) is 0.0909. The molecule has 1 aliphatic carbocycles. The Morgan fingerprint density at radius 1 is 1.08 bits per heavy atom. The Balaban J connectivity index is 2.20. The summed E-state index contributed by atoms with van der Waals surface area (Å²) in [5, 5.41) is 6.66. The average molecular weight is 204 g/mol. The van der Waals surface area contributed by atoms with Crippen LogP contribution >= 0.6 is 22.7 Å². The van der Waals surface area contributed by atoms with Crippen molar-refractivity contribution in [2.45, 2.75) is 6.42 Å². The van der Waals surface area contributed by atoms with Crippen LogP contribution in [0.3, 0.4) is 0 Å². The average Bonchev–Trinajstić information content (AvgIpc) is 2.72.